The monoisotopic (exact) mass is 271 g/mol. The van der Waals surface area contributed by atoms with Gasteiger partial charge < -0.3 is 25.4 Å². The molecule has 3 N–H and O–H groups in total. The van der Waals surface area contributed by atoms with Crippen molar-refractivity contribution in [2.24, 2.45) is 5.73 Å². The summed E-state index contributed by atoms with van der Waals surface area (Å²) < 4.78 is 10.8. The summed E-state index contributed by atoms with van der Waals surface area (Å²) in [4.78, 5) is 24.8. The van der Waals surface area contributed by atoms with Crippen LogP contribution in [0.1, 0.15) is 12.8 Å². The van der Waals surface area contributed by atoms with Crippen molar-refractivity contribution in [1.82, 2.24) is 10.2 Å². The van der Waals surface area contributed by atoms with E-state index in [0.29, 0.717) is 13.2 Å². The number of morpholine rings is 1. The molecule has 0 aliphatic carbocycles. The van der Waals surface area contributed by atoms with Gasteiger partial charge >= 0.3 is 0 Å². The molecule has 1 atom stereocenters. The van der Waals surface area contributed by atoms with E-state index < -0.39 is 11.9 Å². The number of nitrogens with one attached hydrogen (secondary N) is 1. The number of ether oxygens (including phenoxy) is 2. The van der Waals surface area contributed by atoms with Crippen LogP contribution in [0.5, 0.6) is 0 Å². The molecule has 0 aromatic rings. The number of carbonyl (C=O) groups excluding carboxylic acids is 2. The third-order valence-corrected chi connectivity index (χ3v) is 3.51. The molecule has 1 unspecified atom stereocenters. The van der Waals surface area contributed by atoms with Gasteiger partial charge in [-0.15, -0.1) is 0 Å². The smallest absolute Gasteiger partial charge is 0.249 e. The third kappa shape index (κ3) is 3.89. The minimum Gasteiger partial charge on any atom is -0.377 e. The second-order valence-electron chi connectivity index (χ2n) is 4.84. The van der Waals surface area contributed by atoms with Gasteiger partial charge in [0.05, 0.1) is 19.3 Å². The highest BCUT2D eigenvalue weighted by molar-refractivity contribution is 5.87. The maximum atomic E-state index is 12.1. The molecule has 2 aliphatic heterocycles. The molecule has 2 heterocycles. The molecule has 7 nitrogen and oxygen atoms in total. The maximum absolute atomic E-state index is 12.1. The van der Waals surface area contributed by atoms with Crippen LogP contribution in [-0.4, -0.2) is 68.3 Å². The molecule has 0 radical (unpaired) electrons. The standard InChI is InChI=1S/C12H21N3O4/c13-12(17)10-7-18-6-5-15(10)11(16)8-19-9-1-3-14-4-2-9/h9-10,14H,1-8H2,(H2,13,17). The number of carbonyl (C=O) groups is 2. The number of amides is 2. The lowest BCUT2D eigenvalue weighted by Gasteiger charge is -2.34. The zero-order valence-corrected chi connectivity index (χ0v) is 11.0. The first-order valence-electron chi connectivity index (χ1n) is 6.67. The Hall–Kier alpha value is -1.18. The number of nitrogens with two attached hydrogens (primary N) is 1. The summed E-state index contributed by atoms with van der Waals surface area (Å²) in [5.41, 5.74) is 5.27. The fourth-order valence-corrected chi connectivity index (χ4v) is 2.37. The first-order valence-corrected chi connectivity index (χ1v) is 6.67. The SMILES string of the molecule is NC(=O)C1COCCN1C(=O)COC1CCNCC1. The molecule has 108 valence electrons. The molecule has 2 fully saturated rings. The Labute approximate surface area is 112 Å². The van der Waals surface area contributed by atoms with Crippen LogP contribution in [0.2, 0.25) is 0 Å². The summed E-state index contributed by atoms with van der Waals surface area (Å²) >= 11 is 0. The van der Waals surface area contributed by atoms with Gasteiger partial charge in [-0.3, -0.25) is 9.59 Å². The molecule has 0 bridgehead atoms. The Bertz CT molecular complexity index is 331. The number of nitrogens with zero attached hydrogens (tertiary/aromatic N) is 1. The van der Waals surface area contributed by atoms with Crippen molar-refractivity contribution in [3.8, 4) is 0 Å². The van der Waals surface area contributed by atoms with Crippen molar-refractivity contribution in [1.29, 1.82) is 0 Å². The summed E-state index contributed by atoms with van der Waals surface area (Å²) in [6, 6.07) is -0.669. The second kappa shape index (κ2) is 6.83. The molecular weight excluding hydrogens is 250 g/mol. The van der Waals surface area contributed by atoms with Crippen molar-refractivity contribution in [3.05, 3.63) is 0 Å². The van der Waals surface area contributed by atoms with Crippen molar-refractivity contribution >= 4 is 11.8 Å². The minimum absolute atomic E-state index is 0.00838. The van der Waals surface area contributed by atoms with E-state index in [1.807, 2.05) is 0 Å². The van der Waals surface area contributed by atoms with Crippen molar-refractivity contribution < 1.29 is 19.1 Å². The largest absolute Gasteiger partial charge is 0.377 e. The highest BCUT2D eigenvalue weighted by Crippen LogP contribution is 2.10. The van der Waals surface area contributed by atoms with Gasteiger partial charge in [-0.05, 0) is 25.9 Å². The average Bonchev–Trinajstić information content (AvgIpc) is 2.46. The average molecular weight is 271 g/mol. The van der Waals surface area contributed by atoms with Crippen LogP contribution < -0.4 is 11.1 Å². The zero-order valence-electron chi connectivity index (χ0n) is 11.0. The van der Waals surface area contributed by atoms with E-state index in [1.54, 1.807) is 0 Å². The number of rotatable bonds is 4. The van der Waals surface area contributed by atoms with E-state index in [-0.39, 0.29) is 25.2 Å². The number of piperidine rings is 1. The fraction of sp³-hybridized carbons (Fsp3) is 0.833. The van der Waals surface area contributed by atoms with Crippen LogP contribution in [0.3, 0.4) is 0 Å². The van der Waals surface area contributed by atoms with E-state index in [4.69, 9.17) is 15.2 Å². The molecule has 0 spiro atoms. The fourth-order valence-electron chi connectivity index (χ4n) is 2.37. The van der Waals surface area contributed by atoms with Gasteiger partial charge in [0.25, 0.3) is 0 Å². The Balaban J connectivity index is 1.81. The number of primary amides is 1. The number of hydrogen-bond acceptors (Lipinski definition) is 5. The first kappa shape index (κ1) is 14.2. The van der Waals surface area contributed by atoms with Crippen LogP contribution in [0, 0.1) is 0 Å². The zero-order chi connectivity index (χ0) is 13.7. The summed E-state index contributed by atoms with van der Waals surface area (Å²) in [6.07, 6.45) is 1.95. The molecule has 0 saturated carbocycles. The Morgan fingerprint density at radius 3 is 2.79 bits per heavy atom. The molecule has 7 heteroatoms. The van der Waals surface area contributed by atoms with E-state index in [2.05, 4.69) is 5.32 Å². The molecule has 2 amide bonds. The van der Waals surface area contributed by atoms with Gasteiger partial charge in [-0.1, -0.05) is 0 Å². The summed E-state index contributed by atoms with van der Waals surface area (Å²) in [5.74, 6) is -0.722. The van der Waals surface area contributed by atoms with Gasteiger partial charge in [-0.2, -0.15) is 0 Å². The molecule has 2 aliphatic rings. The van der Waals surface area contributed by atoms with Crippen molar-refractivity contribution in [2.45, 2.75) is 25.0 Å². The minimum atomic E-state index is -0.669. The lowest BCUT2D eigenvalue weighted by atomic mass is 10.1. The molecular formula is C12H21N3O4. The predicted octanol–water partition coefficient (Wildman–Crippen LogP) is -1.53. The van der Waals surface area contributed by atoms with Crippen LogP contribution >= 0.6 is 0 Å². The van der Waals surface area contributed by atoms with Gasteiger partial charge in [0.2, 0.25) is 11.8 Å². The van der Waals surface area contributed by atoms with Crippen LogP contribution in [0.4, 0.5) is 0 Å². The molecule has 0 aromatic carbocycles. The van der Waals surface area contributed by atoms with E-state index >= 15 is 0 Å². The van der Waals surface area contributed by atoms with E-state index in [9.17, 15) is 9.59 Å². The highest BCUT2D eigenvalue weighted by Gasteiger charge is 2.31. The summed E-state index contributed by atoms with van der Waals surface area (Å²) in [7, 11) is 0. The molecule has 2 saturated heterocycles. The van der Waals surface area contributed by atoms with Gasteiger partial charge in [0, 0.05) is 6.54 Å². The highest BCUT2D eigenvalue weighted by atomic mass is 16.5. The van der Waals surface area contributed by atoms with Gasteiger partial charge in [-0.25, -0.2) is 0 Å². The quantitative estimate of drug-likeness (QED) is 0.647. The summed E-state index contributed by atoms with van der Waals surface area (Å²) in [5, 5.41) is 3.23. The Morgan fingerprint density at radius 2 is 2.11 bits per heavy atom. The van der Waals surface area contributed by atoms with Crippen molar-refractivity contribution in [3.63, 3.8) is 0 Å². The maximum Gasteiger partial charge on any atom is 0.249 e. The van der Waals surface area contributed by atoms with Gasteiger partial charge in [0.1, 0.15) is 12.6 Å². The molecule has 2 rings (SSSR count). The number of hydrogen-bond donors (Lipinski definition) is 2. The van der Waals surface area contributed by atoms with Gasteiger partial charge in [0.15, 0.2) is 0 Å². The van der Waals surface area contributed by atoms with E-state index in [0.717, 1.165) is 25.9 Å². The Morgan fingerprint density at radius 1 is 1.37 bits per heavy atom. The van der Waals surface area contributed by atoms with E-state index in [1.165, 1.54) is 4.90 Å². The third-order valence-electron chi connectivity index (χ3n) is 3.51. The predicted molar refractivity (Wildman–Crippen MR) is 67.4 cm³/mol. The van der Waals surface area contributed by atoms with Crippen LogP contribution in [0.15, 0.2) is 0 Å². The topological polar surface area (TPSA) is 93.9 Å². The van der Waals surface area contributed by atoms with Crippen molar-refractivity contribution in [2.75, 3.05) is 39.5 Å². The molecule has 0 aromatic heterocycles. The summed E-state index contributed by atoms with van der Waals surface area (Å²) in [6.45, 7) is 2.84. The molecule has 19 heavy (non-hydrogen) atoms. The van der Waals surface area contributed by atoms with Crippen LogP contribution in [-0.2, 0) is 19.1 Å². The lowest BCUT2D eigenvalue weighted by Crippen LogP contribution is -2.55. The second-order valence-corrected chi connectivity index (χ2v) is 4.84. The normalized spacial score (nSPS) is 25.3. The van der Waals surface area contributed by atoms with Crippen LogP contribution in [0.25, 0.3) is 0 Å². The Kier molecular flexibility index (Phi) is 5.12. The first-order chi connectivity index (χ1) is 9.18. The lowest BCUT2D eigenvalue weighted by molar-refractivity contribution is -0.152.